The fraction of sp³-hybridized carbons (Fsp3) is 0.176. The van der Waals surface area contributed by atoms with E-state index in [1.54, 1.807) is 12.1 Å². The standard InChI is InChI=1S/C17H15N3O3/c1-3-23-17-14-9-4-11(2)10-15(14)18-16(19-17)12-5-7-13(8-6-12)20(21)22/h4-10H,3H2,1-2H3. The van der Waals surface area contributed by atoms with Gasteiger partial charge in [-0.1, -0.05) is 6.07 Å². The zero-order valence-corrected chi connectivity index (χ0v) is 12.8. The van der Waals surface area contributed by atoms with Crippen LogP contribution in [0.25, 0.3) is 22.3 Å². The molecule has 0 aliphatic heterocycles. The van der Waals surface area contributed by atoms with Crippen LogP contribution in [0.5, 0.6) is 5.88 Å². The van der Waals surface area contributed by atoms with Crippen LogP contribution in [0, 0.1) is 17.0 Å². The summed E-state index contributed by atoms with van der Waals surface area (Å²) in [7, 11) is 0. The van der Waals surface area contributed by atoms with Gasteiger partial charge in [0.25, 0.3) is 5.69 Å². The van der Waals surface area contributed by atoms with Crippen molar-refractivity contribution in [2.24, 2.45) is 0 Å². The highest BCUT2D eigenvalue weighted by Crippen LogP contribution is 2.28. The van der Waals surface area contributed by atoms with Gasteiger partial charge in [0.15, 0.2) is 5.82 Å². The van der Waals surface area contributed by atoms with Gasteiger partial charge in [-0.15, -0.1) is 0 Å². The zero-order chi connectivity index (χ0) is 16.4. The number of non-ortho nitro benzene ring substituents is 1. The first-order chi connectivity index (χ1) is 11.1. The van der Waals surface area contributed by atoms with E-state index >= 15 is 0 Å². The molecule has 0 saturated heterocycles. The minimum absolute atomic E-state index is 0.0374. The molecule has 0 saturated carbocycles. The molecule has 3 aromatic rings. The van der Waals surface area contributed by atoms with E-state index in [-0.39, 0.29) is 5.69 Å². The van der Waals surface area contributed by atoms with Gasteiger partial charge < -0.3 is 4.74 Å². The molecule has 0 bridgehead atoms. The number of nitro groups is 1. The Hall–Kier alpha value is -3.02. The Morgan fingerprint density at radius 3 is 2.52 bits per heavy atom. The van der Waals surface area contributed by atoms with E-state index in [9.17, 15) is 10.1 Å². The highest BCUT2D eigenvalue weighted by atomic mass is 16.6. The summed E-state index contributed by atoms with van der Waals surface area (Å²) < 4.78 is 5.62. The molecule has 116 valence electrons. The number of aryl methyl sites for hydroxylation is 1. The molecule has 0 fully saturated rings. The number of fused-ring (bicyclic) bond motifs is 1. The molecule has 6 heteroatoms. The van der Waals surface area contributed by atoms with Gasteiger partial charge in [0.1, 0.15) is 0 Å². The van der Waals surface area contributed by atoms with Gasteiger partial charge in [0.2, 0.25) is 5.88 Å². The van der Waals surface area contributed by atoms with E-state index in [1.807, 2.05) is 32.0 Å². The van der Waals surface area contributed by atoms with Crippen molar-refractivity contribution in [1.29, 1.82) is 0 Å². The first kappa shape index (κ1) is 14.9. The Balaban J connectivity index is 2.14. The molecule has 0 atom stereocenters. The predicted octanol–water partition coefficient (Wildman–Crippen LogP) is 3.91. The van der Waals surface area contributed by atoms with E-state index < -0.39 is 4.92 Å². The lowest BCUT2D eigenvalue weighted by atomic mass is 10.1. The van der Waals surface area contributed by atoms with Crippen LogP contribution >= 0.6 is 0 Å². The van der Waals surface area contributed by atoms with Crippen LogP contribution in [0.3, 0.4) is 0 Å². The third-order valence-electron chi connectivity index (χ3n) is 3.43. The van der Waals surface area contributed by atoms with Crippen molar-refractivity contribution in [3.63, 3.8) is 0 Å². The number of rotatable bonds is 4. The molecular formula is C17H15N3O3. The molecule has 1 aromatic heterocycles. The maximum Gasteiger partial charge on any atom is 0.269 e. The monoisotopic (exact) mass is 309 g/mol. The van der Waals surface area contributed by atoms with E-state index in [2.05, 4.69) is 9.97 Å². The average Bonchev–Trinajstić information content (AvgIpc) is 2.54. The lowest BCUT2D eigenvalue weighted by Crippen LogP contribution is -1.99. The minimum Gasteiger partial charge on any atom is -0.477 e. The number of ether oxygens (including phenoxy) is 1. The first-order valence-corrected chi connectivity index (χ1v) is 7.24. The minimum atomic E-state index is -0.431. The summed E-state index contributed by atoms with van der Waals surface area (Å²) in [6.07, 6.45) is 0. The molecule has 0 radical (unpaired) electrons. The summed E-state index contributed by atoms with van der Waals surface area (Å²) in [5, 5.41) is 11.6. The molecule has 23 heavy (non-hydrogen) atoms. The van der Waals surface area contributed by atoms with Crippen molar-refractivity contribution in [2.75, 3.05) is 6.61 Å². The number of benzene rings is 2. The van der Waals surface area contributed by atoms with E-state index in [0.717, 1.165) is 16.5 Å². The summed E-state index contributed by atoms with van der Waals surface area (Å²) in [5.74, 6) is 1.01. The van der Waals surface area contributed by atoms with Gasteiger partial charge in [-0.05, 0) is 43.7 Å². The van der Waals surface area contributed by atoms with Gasteiger partial charge in [-0.3, -0.25) is 10.1 Å². The lowest BCUT2D eigenvalue weighted by molar-refractivity contribution is -0.384. The highest BCUT2D eigenvalue weighted by Gasteiger charge is 2.12. The van der Waals surface area contributed by atoms with E-state index in [0.29, 0.717) is 23.9 Å². The Bertz CT molecular complexity index is 876. The topological polar surface area (TPSA) is 78.2 Å². The van der Waals surface area contributed by atoms with Crippen LogP contribution in [-0.4, -0.2) is 21.5 Å². The van der Waals surface area contributed by atoms with Gasteiger partial charge in [-0.2, -0.15) is 4.98 Å². The van der Waals surface area contributed by atoms with Crippen molar-refractivity contribution in [3.05, 3.63) is 58.1 Å². The van der Waals surface area contributed by atoms with Crippen molar-refractivity contribution in [2.45, 2.75) is 13.8 Å². The van der Waals surface area contributed by atoms with Crippen LogP contribution in [0.4, 0.5) is 5.69 Å². The smallest absolute Gasteiger partial charge is 0.269 e. The van der Waals surface area contributed by atoms with Gasteiger partial charge in [-0.25, -0.2) is 4.98 Å². The fourth-order valence-electron chi connectivity index (χ4n) is 2.32. The summed E-state index contributed by atoms with van der Waals surface area (Å²) >= 11 is 0. The van der Waals surface area contributed by atoms with Crippen molar-refractivity contribution >= 4 is 16.6 Å². The molecular weight excluding hydrogens is 294 g/mol. The van der Waals surface area contributed by atoms with Gasteiger partial charge >= 0.3 is 0 Å². The number of hydrogen-bond acceptors (Lipinski definition) is 5. The Morgan fingerprint density at radius 1 is 1.13 bits per heavy atom. The molecule has 1 heterocycles. The normalized spacial score (nSPS) is 10.7. The predicted molar refractivity (Wildman–Crippen MR) is 87.5 cm³/mol. The second-order valence-electron chi connectivity index (χ2n) is 5.11. The number of nitro benzene ring substituents is 1. The molecule has 0 amide bonds. The second kappa shape index (κ2) is 6.00. The summed E-state index contributed by atoms with van der Waals surface area (Å²) in [4.78, 5) is 19.3. The third kappa shape index (κ3) is 2.96. The highest BCUT2D eigenvalue weighted by molar-refractivity contribution is 5.85. The molecule has 0 unspecified atom stereocenters. The molecule has 0 spiro atoms. The number of aromatic nitrogens is 2. The lowest BCUT2D eigenvalue weighted by Gasteiger charge is -2.09. The maximum absolute atomic E-state index is 10.8. The van der Waals surface area contributed by atoms with Crippen molar-refractivity contribution in [1.82, 2.24) is 9.97 Å². The van der Waals surface area contributed by atoms with Crippen LogP contribution in [-0.2, 0) is 0 Å². The molecule has 0 aliphatic carbocycles. The largest absolute Gasteiger partial charge is 0.477 e. The summed E-state index contributed by atoms with van der Waals surface area (Å²) in [5.41, 5.74) is 2.63. The fourth-order valence-corrected chi connectivity index (χ4v) is 2.32. The van der Waals surface area contributed by atoms with Crippen LogP contribution < -0.4 is 4.74 Å². The van der Waals surface area contributed by atoms with Gasteiger partial charge in [0.05, 0.1) is 22.4 Å². The molecule has 6 nitrogen and oxygen atoms in total. The summed E-state index contributed by atoms with van der Waals surface area (Å²) in [6.45, 7) is 4.39. The SMILES string of the molecule is CCOc1nc(-c2ccc([N+](=O)[O-])cc2)nc2cc(C)ccc12. The third-order valence-corrected chi connectivity index (χ3v) is 3.43. The second-order valence-corrected chi connectivity index (χ2v) is 5.11. The summed E-state index contributed by atoms with van der Waals surface area (Å²) in [6, 6.07) is 12.1. The molecule has 0 N–H and O–H groups in total. The quantitative estimate of drug-likeness (QED) is 0.539. The Morgan fingerprint density at radius 2 is 1.87 bits per heavy atom. The number of nitrogens with zero attached hydrogens (tertiary/aromatic N) is 3. The average molecular weight is 309 g/mol. The molecule has 0 aliphatic rings. The van der Waals surface area contributed by atoms with Crippen LogP contribution in [0.2, 0.25) is 0 Å². The van der Waals surface area contributed by atoms with Crippen molar-refractivity contribution in [3.8, 4) is 17.3 Å². The Kier molecular flexibility index (Phi) is 3.89. The van der Waals surface area contributed by atoms with E-state index in [1.165, 1.54) is 12.1 Å². The first-order valence-electron chi connectivity index (χ1n) is 7.24. The maximum atomic E-state index is 10.8. The molecule has 3 rings (SSSR count). The van der Waals surface area contributed by atoms with Crippen LogP contribution in [0.1, 0.15) is 12.5 Å². The van der Waals surface area contributed by atoms with Crippen molar-refractivity contribution < 1.29 is 9.66 Å². The Labute approximate surface area is 132 Å². The van der Waals surface area contributed by atoms with E-state index in [4.69, 9.17) is 4.74 Å². The number of hydrogen-bond donors (Lipinski definition) is 0. The van der Waals surface area contributed by atoms with Gasteiger partial charge in [0, 0.05) is 17.7 Å². The zero-order valence-electron chi connectivity index (χ0n) is 12.8. The van der Waals surface area contributed by atoms with Crippen LogP contribution in [0.15, 0.2) is 42.5 Å². The molecule has 2 aromatic carbocycles.